The average Bonchev–Trinajstić information content (AvgIpc) is 3.37. The zero-order valence-corrected chi connectivity index (χ0v) is 18.6. The number of fused-ring (bicyclic) bond motifs is 1. The number of aliphatic hydroxyl groups excluding tert-OH is 1. The molecule has 2 aliphatic rings. The Hall–Kier alpha value is -2.96. The van der Waals surface area contributed by atoms with E-state index in [2.05, 4.69) is 48.4 Å². The van der Waals surface area contributed by atoms with E-state index < -0.39 is 6.10 Å². The van der Waals surface area contributed by atoms with Crippen LogP contribution in [0.2, 0.25) is 0 Å². The fourth-order valence-corrected chi connectivity index (χ4v) is 4.83. The van der Waals surface area contributed by atoms with Gasteiger partial charge in [0.05, 0.1) is 24.4 Å². The lowest BCUT2D eigenvalue weighted by Gasteiger charge is -2.34. The van der Waals surface area contributed by atoms with Gasteiger partial charge in [-0.3, -0.25) is 9.48 Å². The van der Waals surface area contributed by atoms with E-state index in [9.17, 15) is 9.90 Å². The Morgan fingerprint density at radius 3 is 2.66 bits per heavy atom. The van der Waals surface area contributed by atoms with Crippen molar-refractivity contribution in [2.45, 2.75) is 44.9 Å². The Kier molecular flexibility index (Phi) is 5.57. The first-order valence-electron chi connectivity index (χ1n) is 11.3. The topological polar surface area (TPSA) is 67.6 Å². The Labute approximate surface area is 188 Å². The van der Waals surface area contributed by atoms with Gasteiger partial charge in [-0.2, -0.15) is 5.10 Å². The molecule has 0 unspecified atom stereocenters. The number of benzene rings is 2. The van der Waals surface area contributed by atoms with E-state index in [1.165, 1.54) is 16.7 Å². The van der Waals surface area contributed by atoms with Crippen LogP contribution in [0.4, 0.5) is 0 Å². The molecule has 1 aromatic heterocycles. The quantitative estimate of drug-likeness (QED) is 0.673. The van der Waals surface area contributed by atoms with Crippen LogP contribution in [0, 0.1) is 0 Å². The molecule has 1 fully saturated rings. The molecular formula is C26H29N3O3. The van der Waals surface area contributed by atoms with Crippen molar-refractivity contribution in [1.29, 1.82) is 0 Å². The van der Waals surface area contributed by atoms with Gasteiger partial charge in [-0.25, -0.2) is 0 Å². The van der Waals surface area contributed by atoms with Gasteiger partial charge in [0.1, 0.15) is 0 Å². The molecule has 0 bridgehead atoms. The van der Waals surface area contributed by atoms with E-state index >= 15 is 0 Å². The summed E-state index contributed by atoms with van der Waals surface area (Å²) in [6, 6.07) is 14.5. The number of carbonyl (C=O) groups excluding carboxylic acids is 1. The van der Waals surface area contributed by atoms with Crippen LogP contribution in [0.25, 0.3) is 11.3 Å². The summed E-state index contributed by atoms with van der Waals surface area (Å²) in [7, 11) is 1.92. The van der Waals surface area contributed by atoms with Crippen molar-refractivity contribution >= 4 is 5.91 Å². The van der Waals surface area contributed by atoms with Gasteiger partial charge in [0.25, 0.3) is 5.91 Å². The number of hydrogen-bond donors (Lipinski definition) is 1. The van der Waals surface area contributed by atoms with Crippen LogP contribution < -0.4 is 0 Å². The molecule has 3 aromatic rings. The lowest BCUT2D eigenvalue weighted by Crippen LogP contribution is -2.49. The molecule has 0 radical (unpaired) electrons. The van der Waals surface area contributed by atoms with E-state index in [1.807, 2.05) is 19.3 Å². The van der Waals surface area contributed by atoms with Crippen LogP contribution >= 0.6 is 0 Å². The molecule has 1 amide bonds. The van der Waals surface area contributed by atoms with Crippen LogP contribution in [0.5, 0.6) is 0 Å². The van der Waals surface area contributed by atoms with Gasteiger partial charge in [0.2, 0.25) is 0 Å². The minimum absolute atomic E-state index is 0.00366. The number of hydrogen-bond acceptors (Lipinski definition) is 4. The Morgan fingerprint density at radius 2 is 1.97 bits per heavy atom. The van der Waals surface area contributed by atoms with Crippen molar-refractivity contribution in [3.63, 3.8) is 0 Å². The maximum Gasteiger partial charge on any atom is 0.254 e. The van der Waals surface area contributed by atoms with E-state index in [4.69, 9.17) is 4.74 Å². The molecule has 5 rings (SSSR count). The summed E-state index contributed by atoms with van der Waals surface area (Å²) in [6.45, 7) is 3.65. The number of aryl methyl sites for hydroxylation is 2. The minimum Gasteiger partial charge on any atom is -0.391 e. The van der Waals surface area contributed by atoms with Crippen LogP contribution in [0.3, 0.4) is 0 Å². The van der Waals surface area contributed by atoms with Gasteiger partial charge in [-0.15, -0.1) is 0 Å². The van der Waals surface area contributed by atoms with E-state index in [0.717, 1.165) is 35.2 Å². The molecule has 3 heterocycles. The van der Waals surface area contributed by atoms with Crippen LogP contribution in [0.15, 0.2) is 48.7 Å². The summed E-state index contributed by atoms with van der Waals surface area (Å²) in [4.78, 5) is 15.0. The molecule has 2 aliphatic heterocycles. The van der Waals surface area contributed by atoms with Crippen LogP contribution in [-0.2, 0) is 31.2 Å². The highest BCUT2D eigenvalue weighted by molar-refractivity contribution is 5.99. The summed E-state index contributed by atoms with van der Waals surface area (Å²) in [5, 5.41) is 14.9. The third kappa shape index (κ3) is 3.85. The van der Waals surface area contributed by atoms with Gasteiger partial charge in [0.15, 0.2) is 0 Å². The molecule has 6 heteroatoms. The lowest BCUT2D eigenvalue weighted by molar-refractivity contribution is -0.0528. The second-order valence-electron chi connectivity index (χ2n) is 8.81. The Bertz CT molecular complexity index is 1140. The van der Waals surface area contributed by atoms with Crippen LogP contribution in [0.1, 0.15) is 46.0 Å². The molecule has 0 spiro atoms. The normalized spacial score (nSPS) is 20.6. The molecule has 1 N–H and O–H groups in total. The zero-order valence-electron chi connectivity index (χ0n) is 18.6. The molecule has 1 saturated heterocycles. The highest BCUT2D eigenvalue weighted by atomic mass is 16.5. The van der Waals surface area contributed by atoms with Crippen molar-refractivity contribution in [1.82, 2.24) is 14.7 Å². The summed E-state index contributed by atoms with van der Waals surface area (Å²) in [5.74, 6) is 0.00366. The first-order chi connectivity index (χ1) is 15.5. The molecule has 0 saturated carbocycles. The van der Waals surface area contributed by atoms with Crippen molar-refractivity contribution < 1.29 is 14.6 Å². The Balaban J connectivity index is 1.39. The van der Waals surface area contributed by atoms with Gasteiger partial charge in [-0.05, 0) is 53.6 Å². The zero-order chi connectivity index (χ0) is 22.2. The smallest absolute Gasteiger partial charge is 0.254 e. The first kappa shape index (κ1) is 20.9. The first-order valence-corrected chi connectivity index (χ1v) is 11.3. The predicted molar refractivity (Wildman–Crippen MR) is 122 cm³/mol. The van der Waals surface area contributed by atoms with Gasteiger partial charge >= 0.3 is 0 Å². The highest BCUT2D eigenvalue weighted by Crippen LogP contribution is 2.31. The largest absolute Gasteiger partial charge is 0.391 e. The maximum atomic E-state index is 13.2. The maximum absolute atomic E-state index is 13.2. The molecular weight excluding hydrogens is 402 g/mol. The van der Waals surface area contributed by atoms with Crippen LogP contribution in [-0.4, -0.2) is 51.1 Å². The predicted octanol–water partition coefficient (Wildman–Crippen LogP) is 3.35. The standard InChI is InChI=1S/C26H29N3O3/c1-3-18-13-21-15-29(24-16-32-11-9-25(24)30)26(31)22(21)14-20(18)12-17-4-6-19(7-5-17)23-8-10-28(2)27-23/h4-8,10,13-14,24-25,30H,3,9,11-12,15-16H2,1-2H3/t24-,25-/m0/s1. The number of carbonyl (C=O) groups is 1. The Morgan fingerprint density at radius 1 is 1.16 bits per heavy atom. The third-order valence-electron chi connectivity index (χ3n) is 6.69. The number of rotatable bonds is 5. The number of aliphatic hydroxyl groups is 1. The second-order valence-corrected chi connectivity index (χ2v) is 8.81. The monoisotopic (exact) mass is 431 g/mol. The van der Waals surface area contributed by atoms with Gasteiger partial charge in [-0.1, -0.05) is 37.3 Å². The summed E-state index contributed by atoms with van der Waals surface area (Å²) < 4.78 is 7.35. The fourth-order valence-electron chi connectivity index (χ4n) is 4.83. The van der Waals surface area contributed by atoms with Crippen molar-refractivity contribution in [2.24, 2.45) is 7.05 Å². The van der Waals surface area contributed by atoms with Crippen molar-refractivity contribution in [3.8, 4) is 11.3 Å². The molecule has 2 aromatic carbocycles. The molecule has 2 atom stereocenters. The average molecular weight is 432 g/mol. The third-order valence-corrected chi connectivity index (χ3v) is 6.69. The van der Waals surface area contributed by atoms with Crippen molar-refractivity contribution in [2.75, 3.05) is 13.2 Å². The molecule has 32 heavy (non-hydrogen) atoms. The summed E-state index contributed by atoms with van der Waals surface area (Å²) in [5.41, 5.74) is 7.54. The van der Waals surface area contributed by atoms with E-state index in [0.29, 0.717) is 26.2 Å². The number of nitrogens with zero attached hydrogens (tertiary/aromatic N) is 3. The SMILES string of the molecule is CCc1cc2c(cc1Cc1ccc(-c3ccn(C)n3)cc1)C(=O)N([C@H]1COCC[C@@H]1O)C2. The highest BCUT2D eigenvalue weighted by Gasteiger charge is 2.38. The molecule has 0 aliphatic carbocycles. The summed E-state index contributed by atoms with van der Waals surface area (Å²) in [6.07, 6.45) is 3.69. The number of amides is 1. The van der Waals surface area contributed by atoms with E-state index in [1.54, 1.807) is 9.58 Å². The van der Waals surface area contributed by atoms with Gasteiger partial charge < -0.3 is 14.7 Å². The number of aromatic nitrogens is 2. The molecule has 6 nitrogen and oxygen atoms in total. The number of ether oxygens (including phenoxy) is 1. The fraction of sp³-hybridized carbons (Fsp3) is 0.385. The summed E-state index contributed by atoms with van der Waals surface area (Å²) >= 11 is 0. The van der Waals surface area contributed by atoms with Gasteiger partial charge in [0, 0.05) is 37.5 Å². The minimum atomic E-state index is -0.523. The van der Waals surface area contributed by atoms with E-state index in [-0.39, 0.29) is 11.9 Å². The second kappa shape index (κ2) is 8.52. The lowest BCUT2D eigenvalue weighted by atomic mass is 9.93. The van der Waals surface area contributed by atoms with Crippen molar-refractivity contribution in [3.05, 3.63) is 76.5 Å². The molecule has 166 valence electrons.